The predicted octanol–water partition coefficient (Wildman–Crippen LogP) is 0.355. The minimum absolute atomic E-state index is 0.00238. The average Bonchev–Trinajstić information content (AvgIpc) is 2.94. The van der Waals surface area contributed by atoms with Crippen LogP contribution in [-0.2, 0) is 36.8 Å². The fourth-order valence-corrected chi connectivity index (χ4v) is 4.08. The molecule has 0 saturated carbocycles. The Kier molecular flexibility index (Phi) is 12.8. The van der Waals surface area contributed by atoms with Gasteiger partial charge in [-0.05, 0) is 42.0 Å². The summed E-state index contributed by atoms with van der Waals surface area (Å²) in [7, 11) is 0. The van der Waals surface area contributed by atoms with Crippen LogP contribution in [0.1, 0.15) is 44.2 Å². The van der Waals surface area contributed by atoms with E-state index in [2.05, 4.69) is 16.0 Å². The number of carboxylic acid groups (broad SMARTS) is 1. The molecule has 2 rings (SSSR count). The number of rotatable bonds is 16. The Morgan fingerprint density at radius 2 is 1.37 bits per heavy atom. The van der Waals surface area contributed by atoms with Crippen LogP contribution in [0.25, 0.3) is 0 Å². The first-order chi connectivity index (χ1) is 19.4. The van der Waals surface area contributed by atoms with Gasteiger partial charge in [0.2, 0.25) is 23.6 Å². The molecule has 5 unspecified atom stereocenters. The second kappa shape index (κ2) is 16.0. The van der Waals surface area contributed by atoms with Gasteiger partial charge in [0.15, 0.2) is 0 Å². The van der Waals surface area contributed by atoms with Crippen molar-refractivity contribution in [3.05, 3.63) is 65.7 Å². The lowest BCUT2D eigenvalue weighted by Crippen LogP contribution is -2.58. The first-order valence-corrected chi connectivity index (χ1v) is 13.4. The summed E-state index contributed by atoms with van der Waals surface area (Å²) >= 11 is 0. The van der Waals surface area contributed by atoms with Gasteiger partial charge in [-0.25, -0.2) is 4.79 Å². The highest BCUT2D eigenvalue weighted by molar-refractivity contribution is 5.94. The Labute approximate surface area is 238 Å². The molecule has 0 aliphatic carbocycles. The lowest BCUT2D eigenvalue weighted by molar-refractivity contribution is -0.143. The summed E-state index contributed by atoms with van der Waals surface area (Å²) < 4.78 is 0. The van der Waals surface area contributed by atoms with E-state index in [0.29, 0.717) is 12.0 Å². The molecule has 0 aliphatic heterocycles. The van der Waals surface area contributed by atoms with E-state index >= 15 is 0 Å². The fraction of sp³-hybridized carbons (Fsp3) is 0.414. The monoisotopic (exact) mass is 569 g/mol. The number of nitrogens with two attached hydrogens (primary N) is 2. The van der Waals surface area contributed by atoms with Gasteiger partial charge in [-0.3, -0.25) is 19.2 Å². The van der Waals surface area contributed by atoms with Gasteiger partial charge < -0.3 is 37.6 Å². The minimum Gasteiger partial charge on any atom is -0.508 e. The highest BCUT2D eigenvalue weighted by atomic mass is 16.4. The molecule has 0 aromatic heterocycles. The lowest BCUT2D eigenvalue weighted by Gasteiger charge is -2.26. The van der Waals surface area contributed by atoms with E-state index in [1.807, 2.05) is 6.07 Å². The summed E-state index contributed by atoms with van der Waals surface area (Å²) in [6.45, 7) is 3.47. The Bertz CT molecular complexity index is 1190. The Morgan fingerprint density at radius 3 is 1.93 bits per heavy atom. The molecule has 0 saturated heterocycles. The van der Waals surface area contributed by atoms with Crippen LogP contribution in [-0.4, -0.2) is 64.0 Å². The molecule has 0 bridgehead atoms. The van der Waals surface area contributed by atoms with Gasteiger partial charge in [-0.1, -0.05) is 62.7 Å². The summed E-state index contributed by atoms with van der Waals surface area (Å²) in [6, 6.07) is 10.3. The van der Waals surface area contributed by atoms with Crippen molar-refractivity contribution in [1.29, 1.82) is 0 Å². The maximum absolute atomic E-state index is 13.4. The van der Waals surface area contributed by atoms with Gasteiger partial charge in [0, 0.05) is 12.8 Å². The molecule has 41 heavy (non-hydrogen) atoms. The molecule has 2 aromatic carbocycles. The second-order valence-corrected chi connectivity index (χ2v) is 10.0. The number of carbonyl (C=O) groups excluding carboxylic acids is 4. The summed E-state index contributed by atoms with van der Waals surface area (Å²) in [4.78, 5) is 62.8. The zero-order valence-corrected chi connectivity index (χ0v) is 23.2. The van der Waals surface area contributed by atoms with E-state index in [0.717, 1.165) is 5.56 Å². The Morgan fingerprint density at radius 1 is 0.805 bits per heavy atom. The number of carboxylic acids is 1. The van der Waals surface area contributed by atoms with Crippen molar-refractivity contribution in [2.24, 2.45) is 17.4 Å². The number of phenols is 1. The summed E-state index contributed by atoms with van der Waals surface area (Å²) in [5.41, 5.74) is 12.7. The number of hydrogen-bond donors (Lipinski definition) is 7. The van der Waals surface area contributed by atoms with E-state index in [-0.39, 0.29) is 31.4 Å². The highest BCUT2D eigenvalue weighted by Crippen LogP contribution is 2.14. The van der Waals surface area contributed by atoms with Gasteiger partial charge >= 0.3 is 5.97 Å². The van der Waals surface area contributed by atoms with Crippen LogP contribution in [0.5, 0.6) is 5.75 Å². The molecule has 12 heteroatoms. The number of primary amides is 1. The van der Waals surface area contributed by atoms with Crippen molar-refractivity contribution in [3.8, 4) is 5.75 Å². The molecule has 0 aliphatic rings. The third-order valence-corrected chi connectivity index (χ3v) is 6.73. The lowest BCUT2D eigenvalue weighted by atomic mass is 9.98. The van der Waals surface area contributed by atoms with Gasteiger partial charge in [-0.2, -0.15) is 0 Å². The first kappa shape index (κ1) is 32.8. The number of aliphatic carboxylic acids is 1. The maximum atomic E-state index is 13.4. The van der Waals surface area contributed by atoms with E-state index in [1.54, 1.807) is 50.2 Å². The van der Waals surface area contributed by atoms with Crippen LogP contribution in [0.3, 0.4) is 0 Å². The van der Waals surface area contributed by atoms with Crippen LogP contribution >= 0.6 is 0 Å². The standard InChI is InChI=1S/C29H39N5O7/c1-3-17(2)25(29(40)41)34-28(39)23(16-19-9-11-20(35)12-10-19)33-27(38)22(13-14-24(31)36)32-26(37)21(30)15-18-7-5-4-6-8-18/h4-12,17,21-23,25,35H,3,13-16,30H2,1-2H3,(H2,31,36)(H,32,37)(H,33,38)(H,34,39)(H,40,41). The fourth-order valence-electron chi connectivity index (χ4n) is 4.08. The van der Waals surface area contributed by atoms with E-state index in [4.69, 9.17) is 11.5 Å². The molecular weight excluding hydrogens is 530 g/mol. The van der Waals surface area contributed by atoms with Crippen molar-refractivity contribution in [2.45, 2.75) is 70.1 Å². The van der Waals surface area contributed by atoms with Gasteiger partial charge in [0.25, 0.3) is 0 Å². The minimum atomic E-state index is -1.25. The van der Waals surface area contributed by atoms with Gasteiger partial charge in [0.1, 0.15) is 23.9 Å². The number of nitrogens with one attached hydrogen (secondary N) is 3. The van der Waals surface area contributed by atoms with E-state index < -0.39 is 59.7 Å². The third-order valence-electron chi connectivity index (χ3n) is 6.73. The average molecular weight is 570 g/mol. The van der Waals surface area contributed by atoms with Crippen molar-refractivity contribution >= 4 is 29.6 Å². The predicted molar refractivity (Wildman–Crippen MR) is 151 cm³/mol. The van der Waals surface area contributed by atoms with E-state index in [9.17, 15) is 34.2 Å². The van der Waals surface area contributed by atoms with Crippen LogP contribution in [0, 0.1) is 5.92 Å². The highest BCUT2D eigenvalue weighted by Gasteiger charge is 2.32. The first-order valence-electron chi connectivity index (χ1n) is 13.4. The number of amides is 4. The molecule has 0 spiro atoms. The molecule has 222 valence electrons. The quantitative estimate of drug-likeness (QED) is 0.149. The van der Waals surface area contributed by atoms with Gasteiger partial charge in [-0.15, -0.1) is 0 Å². The smallest absolute Gasteiger partial charge is 0.326 e. The summed E-state index contributed by atoms with van der Waals surface area (Å²) in [5, 5.41) is 26.9. The van der Waals surface area contributed by atoms with Crippen molar-refractivity contribution < 1.29 is 34.2 Å². The maximum Gasteiger partial charge on any atom is 0.326 e. The van der Waals surface area contributed by atoms with E-state index in [1.165, 1.54) is 12.1 Å². The molecule has 0 heterocycles. The molecule has 2 aromatic rings. The zero-order valence-electron chi connectivity index (χ0n) is 23.2. The zero-order chi connectivity index (χ0) is 30.5. The number of carbonyl (C=O) groups is 5. The Balaban J connectivity index is 2.26. The largest absolute Gasteiger partial charge is 0.508 e. The third kappa shape index (κ3) is 10.9. The molecule has 5 atom stereocenters. The number of aromatic hydroxyl groups is 1. The normalized spacial score (nSPS) is 14.5. The number of benzene rings is 2. The van der Waals surface area contributed by atoms with Crippen LogP contribution in [0.15, 0.2) is 54.6 Å². The SMILES string of the molecule is CCC(C)C(NC(=O)C(Cc1ccc(O)cc1)NC(=O)C(CCC(N)=O)NC(=O)C(N)Cc1ccccc1)C(=O)O. The summed E-state index contributed by atoms with van der Waals surface area (Å²) in [5.74, 6) is -4.47. The summed E-state index contributed by atoms with van der Waals surface area (Å²) in [6.07, 6.45) is 0.264. The number of phenolic OH excluding ortho intramolecular Hbond substituents is 1. The van der Waals surface area contributed by atoms with Crippen molar-refractivity contribution in [3.63, 3.8) is 0 Å². The molecular formula is C29H39N5O7. The molecule has 12 nitrogen and oxygen atoms in total. The second-order valence-electron chi connectivity index (χ2n) is 10.0. The van der Waals surface area contributed by atoms with Crippen molar-refractivity contribution in [2.75, 3.05) is 0 Å². The van der Waals surface area contributed by atoms with Gasteiger partial charge in [0.05, 0.1) is 6.04 Å². The van der Waals surface area contributed by atoms with Crippen LogP contribution in [0.2, 0.25) is 0 Å². The molecule has 9 N–H and O–H groups in total. The van der Waals surface area contributed by atoms with Crippen LogP contribution in [0.4, 0.5) is 0 Å². The molecule has 0 fully saturated rings. The topological polar surface area (TPSA) is 214 Å². The molecule has 0 radical (unpaired) electrons. The number of hydrogen-bond acceptors (Lipinski definition) is 7. The molecule has 4 amide bonds. The van der Waals surface area contributed by atoms with Crippen LogP contribution < -0.4 is 27.4 Å². The van der Waals surface area contributed by atoms with Crippen molar-refractivity contribution in [1.82, 2.24) is 16.0 Å². The Hall–Kier alpha value is -4.45.